The molecule has 16 heavy (non-hydrogen) atoms. The second-order valence-corrected chi connectivity index (χ2v) is 3.02. The standard InChI is InChI=1S/C8H9F3N4O/c1-16-4-7-6(2-3-12)13-14-15(7)5-8(9,10)11/h2,4-5H2,1H3. The van der Waals surface area contributed by atoms with Gasteiger partial charge in [0.1, 0.15) is 12.2 Å². The van der Waals surface area contributed by atoms with E-state index in [4.69, 9.17) is 10.00 Å². The number of rotatable bonds is 4. The van der Waals surface area contributed by atoms with E-state index in [9.17, 15) is 13.2 Å². The molecule has 0 fully saturated rings. The minimum Gasteiger partial charge on any atom is -0.378 e. The van der Waals surface area contributed by atoms with Gasteiger partial charge in [0, 0.05) is 7.11 Å². The van der Waals surface area contributed by atoms with Gasteiger partial charge < -0.3 is 4.74 Å². The Hall–Kier alpha value is -1.62. The molecule has 0 bridgehead atoms. The number of alkyl halides is 3. The predicted octanol–water partition coefficient (Wildman–Crippen LogP) is 1.05. The summed E-state index contributed by atoms with van der Waals surface area (Å²) in [6.45, 7) is -1.29. The molecule has 1 rings (SSSR count). The molecule has 5 nitrogen and oxygen atoms in total. The van der Waals surface area contributed by atoms with E-state index in [-0.39, 0.29) is 24.4 Å². The number of methoxy groups -OCH3 is 1. The topological polar surface area (TPSA) is 63.7 Å². The maximum absolute atomic E-state index is 12.2. The van der Waals surface area contributed by atoms with E-state index in [0.29, 0.717) is 4.68 Å². The quantitative estimate of drug-likeness (QED) is 0.781. The molecule has 0 radical (unpaired) electrons. The molecule has 1 aromatic heterocycles. The van der Waals surface area contributed by atoms with Crippen LogP contribution in [0.4, 0.5) is 13.2 Å². The lowest BCUT2D eigenvalue weighted by atomic mass is 10.2. The fourth-order valence-electron chi connectivity index (χ4n) is 1.17. The van der Waals surface area contributed by atoms with Crippen molar-refractivity contribution in [3.63, 3.8) is 0 Å². The number of aromatic nitrogens is 3. The summed E-state index contributed by atoms with van der Waals surface area (Å²) in [5.74, 6) is 0. The molecule has 0 aliphatic rings. The van der Waals surface area contributed by atoms with Crippen molar-refractivity contribution in [2.75, 3.05) is 7.11 Å². The molecule has 0 spiro atoms. The number of hydrogen-bond acceptors (Lipinski definition) is 4. The lowest BCUT2D eigenvalue weighted by molar-refractivity contribution is -0.143. The van der Waals surface area contributed by atoms with Gasteiger partial charge in [0.25, 0.3) is 0 Å². The van der Waals surface area contributed by atoms with Crippen molar-refractivity contribution in [1.82, 2.24) is 15.0 Å². The van der Waals surface area contributed by atoms with Crippen LogP contribution < -0.4 is 0 Å². The summed E-state index contributed by atoms with van der Waals surface area (Å²) >= 11 is 0. The fourth-order valence-corrected chi connectivity index (χ4v) is 1.17. The average Bonchev–Trinajstić information content (AvgIpc) is 2.49. The normalized spacial score (nSPS) is 11.4. The predicted molar refractivity (Wildman–Crippen MR) is 46.1 cm³/mol. The van der Waals surface area contributed by atoms with Gasteiger partial charge in [-0.2, -0.15) is 18.4 Å². The van der Waals surface area contributed by atoms with Crippen LogP contribution in [0.5, 0.6) is 0 Å². The fraction of sp³-hybridized carbons (Fsp3) is 0.625. The SMILES string of the molecule is COCc1c(CC#N)nnn1CC(F)(F)F. The molecule has 1 aromatic rings. The molecule has 0 amide bonds. The van der Waals surface area contributed by atoms with Crippen molar-refractivity contribution in [2.45, 2.75) is 25.7 Å². The molecule has 0 aliphatic heterocycles. The third-order valence-electron chi connectivity index (χ3n) is 1.77. The second kappa shape index (κ2) is 4.94. The monoisotopic (exact) mass is 234 g/mol. The third kappa shape index (κ3) is 3.20. The molecule has 0 N–H and O–H groups in total. The smallest absolute Gasteiger partial charge is 0.378 e. The molecule has 0 unspecified atom stereocenters. The highest BCUT2D eigenvalue weighted by Crippen LogP contribution is 2.19. The van der Waals surface area contributed by atoms with E-state index < -0.39 is 12.7 Å². The molecule has 0 saturated heterocycles. The highest BCUT2D eigenvalue weighted by molar-refractivity contribution is 5.13. The Kier molecular flexibility index (Phi) is 3.84. The Morgan fingerprint density at radius 2 is 2.19 bits per heavy atom. The van der Waals surface area contributed by atoms with Crippen molar-refractivity contribution in [3.8, 4) is 6.07 Å². The van der Waals surface area contributed by atoms with Gasteiger partial charge in [0.2, 0.25) is 0 Å². The van der Waals surface area contributed by atoms with Crippen LogP contribution in [0.15, 0.2) is 0 Å². The lowest BCUT2D eigenvalue weighted by Crippen LogP contribution is -2.21. The molecule has 8 heteroatoms. The van der Waals surface area contributed by atoms with E-state index in [1.165, 1.54) is 7.11 Å². The summed E-state index contributed by atoms with van der Waals surface area (Å²) in [5, 5.41) is 15.3. The number of nitrogens with zero attached hydrogens (tertiary/aromatic N) is 4. The Bertz CT molecular complexity index is 393. The van der Waals surface area contributed by atoms with E-state index in [1.54, 1.807) is 6.07 Å². The van der Waals surface area contributed by atoms with Gasteiger partial charge in [0.05, 0.1) is 24.8 Å². The molecule has 88 valence electrons. The molecule has 0 aliphatic carbocycles. The van der Waals surface area contributed by atoms with Crippen LogP contribution in [0.1, 0.15) is 11.4 Å². The maximum atomic E-state index is 12.2. The summed E-state index contributed by atoms with van der Waals surface area (Å²) in [6.07, 6.45) is -4.46. The van der Waals surface area contributed by atoms with Crippen molar-refractivity contribution < 1.29 is 17.9 Å². The first kappa shape index (κ1) is 12.4. The summed E-state index contributed by atoms with van der Waals surface area (Å²) in [6, 6.07) is 1.81. The zero-order valence-electron chi connectivity index (χ0n) is 8.45. The Labute approximate surface area is 89.4 Å². The Morgan fingerprint density at radius 3 is 2.69 bits per heavy atom. The van der Waals surface area contributed by atoms with Crippen molar-refractivity contribution in [2.24, 2.45) is 0 Å². The number of halogens is 3. The molecular weight excluding hydrogens is 225 g/mol. The van der Waals surface area contributed by atoms with E-state index >= 15 is 0 Å². The van der Waals surface area contributed by atoms with Crippen LogP contribution in [0, 0.1) is 11.3 Å². The third-order valence-corrected chi connectivity index (χ3v) is 1.77. The van der Waals surface area contributed by atoms with Crippen LogP contribution in [0.25, 0.3) is 0 Å². The number of nitriles is 1. The summed E-state index contributed by atoms with van der Waals surface area (Å²) in [5.41, 5.74) is 0.398. The Morgan fingerprint density at radius 1 is 1.50 bits per heavy atom. The highest BCUT2D eigenvalue weighted by atomic mass is 19.4. The van der Waals surface area contributed by atoms with Gasteiger partial charge in [0.15, 0.2) is 0 Å². The molecule has 0 saturated carbocycles. The van der Waals surface area contributed by atoms with Crippen LogP contribution in [0.3, 0.4) is 0 Å². The van der Waals surface area contributed by atoms with Crippen molar-refractivity contribution in [1.29, 1.82) is 5.26 Å². The molecule has 0 atom stereocenters. The van der Waals surface area contributed by atoms with Crippen LogP contribution >= 0.6 is 0 Å². The van der Waals surface area contributed by atoms with Gasteiger partial charge >= 0.3 is 6.18 Å². The molecule has 0 aromatic carbocycles. The van der Waals surface area contributed by atoms with Crippen molar-refractivity contribution in [3.05, 3.63) is 11.4 Å². The van der Waals surface area contributed by atoms with Gasteiger partial charge in [-0.15, -0.1) is 5.10 Å². The largest absolute Gasteiger partial charge is 0.408 e. The second-order valence-electron chi connectivity index (χ2n) is 3.02. The molecular formula is C8H9F3N4O. The van der Waals surface area contributed by atoms with Gasteiger partial charge in [-0.05, 0) is 0 Å². The Balaban J connectivity index is 2.96. The number of hydrogen-bond donors (Lipinski definition) is 0. The first-order chi connectivity index (χ1) is 7.48. The van der Waals surface area contributed by atoms with Crippen LogP contribution in [-0.4, -0.2) is 28.3 Å². The van der Waals surface area contributed by atoms with E-state index in [0.717, 1.165) is 0 Å². The summed E-state index contributed by atoms with van der Waals surface area (Å²) in [7, 11) is 1.35. The highest BCUT2D eigenvalue weighted by Gasteiger charge is 2.30. The lowest BCUT2D eigenvalue weighted by Gasteiger charge is -2.09. The minimum absolute atomic E-state index is 0.0555. The molecule has 1 heterocycles. The minimum atomic E-state index is -4.37. The van der Waals surface area contributed by atoms with E-state index in [2.05, 4.69) is 10.3 Å². The van der Waals surface area contributed by atoms with Gasteiger partial charge in [-0.1, -0.05) is 5.21 Å². The number of ether oxygens (including phenoxy) is 1. The van der Waals surface area contributed by atoms with Crippen LogP contribution in [0.2, 0.25) is 0 Å². The van der Waals surface area contributed by atoms with Gasteiger partial charge in [-0.25, -0.2) is 4.68 Å². The first-order valence-corrected chi connectivity index (χ1v) is 4.32. The van der Waals surface area contributed by atoms with Crippen LogP contribution in [-0.2, 0) is 24.3 Å². The zero-order valence-corrected chi connectivity index (χ0v) is 8.45. The first-order valence-electron chi connectivity index (χ1n) is 4.32. The maximum Gasteiger partial charge on any atom is 0.408 e. The average molecular weight is 234 g/mol. The van der Waals surface area contributed by atoms with E-state index in [1.807, 2.05) is 0 Å². The summed E-state index contributed by atoms with van der Waals surface area (Å²) < 4.78 is 41.9. The van der Waals surface area contributed by atoms with Crippen molar-refractivity contribution >= 4 is 0 Å². The summed E-state index contributed by atoms with van der Waals surface area (Å²) in [4.78, 5) is 0. The van der Waals surface area contributed by atoms with Gasteiger partial charge in [-0.3, -0.25) is 0 Å². The zero-order chi connectivity index (χ0) is 12.2.